The normalized spacial score (nSPS) is 10.1. The van der Waals surface area contributed by atoms with Gasteiger partial charge in [-0.3, -0.25) is 10.1 Å². The van der Waals surface area contributed by atoms with Gasteiger partial charge in [-0.15, -0.1) is 0 Å². The average molecular weight is 264 g/mol. The lowest BCUT2D eigenvalue weighted by Crippen LogP contribution is -1.93. The van der Waals surface area contributed by atoms with Crippen molar-refractivity contribution in [2.75, 3.05) is 0 Å². The van der Waals surface area contributed by atoms with Gasteiger partial charge in [0.25, 0.3) is 0 Å². The average Bonchev–Trinajstić information content (AvgIpc) is 2.32. The van der Waals surface area contributed by atoms with Gasteiger partial charge in [-0.1, -0.05) is 17.7 Å². The number of aryl methyl sites for hydroxylation is 1. The summed E-state index contributed by atoms with van der Waals surface area (Å²) in [4.78, 5) is 10.4. The summed E-state index contributed by atoms with van der Waals surface area (Å²) in [6, 6.07) is 11.4. The number of hydrogen-bond donors (Lipinski definition) is 0. The van der Waals surface area contributed by atoms with Gasteiger partial charge in [-0.05, 0) is 42.8 Å². The van der Waals surface area contributed by atoms with Gasteiger partial charge >= 0.3 is 5.69 Å². The summed E-state index contributed by atoms with van der Waals surface area (Å²) in [5, 5.41) is 11.5. The van der Waals surface area contributed by atoms with E-state index in [0.717, 1.165) is 5.56 Å². The Bertz CT molecular complexity index is 581. The monoisotopic (exact) mass is 263 g/mol. The maximum Gasteiger partial charge on any atom is 0.311 e. The number of ether oxygens (including phenoxy) is 1. The molecular formula is C13H10ClNO3. The molecule has 0 amide bonds. The van der Waals surface area contributed by atoms with Crippen LogP contribution in [0.3, 0.4) is 0 Å². The molecule has 5 heteroatoms. The molecular weight excluding hydrogens is 254 g/mol. The predicted octanol–water partition coefficient (Wildman–Crippen LogP) is 4.35. The third-order valence-electron chi connectivity index (χ3n) is 2.35. The highest BCUT2D eigenvalue weighted by Gasteiger charge is 2.15. The molecule has 0 radical (unpaired) electrons. The smallest absolute Gasteiger partial charge is 0.311 e. The van der Waals surface area contributed by atoms with Crippen molar-refractivity contribution in [3.05, 3.63) is 63.2 Å². The molecule has 92 valence electrons. The Labute approximate surface area is 109 Å². The van der Waals surface area contributed by atoms with E-state index in [2.05, 4.69) is 0 Å². The molecule has 2 aromatic carbocycles. The van der Waals surface area contributed by atoms with Crippen molar-refractivity contribution < 1.29 is 9.66 Å². The van der Waals surface area contributed by atoms with Crippen LogP contribution in [0, 0.1) is 17.0 Å². The lowest BCUT2D eigenvalue weighted by molar-refractivity contribution is -0.385. The summed E-state index contributed by atoms with van der Waals surface area (Å²) >= 11 is 5.76. The van der Waals surface area contributed by atoms with E-state index in [0.29, 0.717) is 10.8 Å². The highest BCUT2D eigenvalue weighted by Crippen LogP contribution is 2.32. The summed E-state index contributed by atoms with van der Waals surface area (Å²) in [5.41, 5.74) is 0.833. The van der Waals surface area contributed by atoms with Crippen LogP contribution in [0.15, 0.2) is 42.5 Å². The number of nitro groups is 1. The lowest BCUT2D eigenvalue weighted by Gasteiger charge is -2.07. The molecule has 0 bridgehead atoms. The van der Waals surface area contributed by atoms with Crippen LogP contribution >= 0.6 is 11.6 Å². The predicted molar refractivity (Wildman–Crippen MR) is 69.4 cm³/mol. The second kappa shape index (κ2) is 5.06. The van der Waals surface area contributed by atoms with Crippen molar-refractivity contribution in [2.24, 2.45) is 0 Å². The Kier molecular flexibility index (Phi) is 3.48. The Morgan fingerprint density at radius 2 is 1.83 bits per heavy atom. The Morgan fingerprint density at radius 3 is 2.44 bits per heavy atom. The Hall–Kier alpha value is -2.07. The Balaban J connectivity index is 2.35. The van der Waals surface area contributed by atoms with Crippen molar-refractivity contribution in [3.8, 4) is 11.5 Å². The second-order valence-corrected chi connectivity index (χ2v) is 4.22. The molecule has 0 spiro atoms. The van der Waals surface area contributed by atoms with Gasteiger partial charge in [0.05, 0.1) is 4.92 Å². The molecule has 18 heavy (non-hydrogen) atoms. The van der Waals surface area contributed by atoms with E-state index in [-0.39, 0.29) is 11.4 Å². The van der Waals surface area contributed by atoms with E-state index in [9.17, 15) is 10.1 Å². The van der Waals surface area contributed by atoms with Crippen molar-refractivity contribution in [3.63, 3.8) is 0 Å². The Morgan fingerprint density at radius 1 is 1.17 bits per heavy atom. The largest absolute Gasteiger partial charge is 0.450 e. The molecule has 0 saturated heterocycles. The van der Waals surface area contributed by atoms with Crippen LogP contribution in [0.25, 0.3) is 0 Å². The molecule has 0 fully saturated rings. The molecule has 2 aromatic rings. The molecule has 4 nitrogen and oxygen atoms in total. The van der Waals surface area contributed by atoms with Crippen LogP contribution in [0.1, 0.15) is 5.56 Å². The first-order valence-electron chi connectivity index (χ1n) is 5.25. The minimum atomic E-state index is -0.468. The van der Waals surface area contributed by atoms with Crippen LogP contribution in [-0.2, 0) is 0 Å². The van der Waals surface area contributed by atoms with Crippen molar-refractivity contribution in [2.45, 2.75) is 6.92 Å². The zero-order valence-corrected chi connectivity index (χ0v) is 10.3. The molecule has 0 heterocycles. The third kappa shape index (κ3) is 2.78. The maximum absolute atomic E-state index is 10.9. The zero-order valence-electron chi connectivity index (χ0n) is 9.59. The van der Waals surface area contributed by atoms with E-state index in [1.165, 1.54) is 6.07 Å². The molecule has 0 atom stereocenters. The molecule has 2 rings (SSSR count). The number of nitro benzene ring substituents is 1. The fraction of sp³-hybridized carbons (Fsp3) is 0.0769. The van der Waals surface area contributed by atoms with Gasteiger partial charge in [0, 0.05) is 11.1 Å². The number of benzene rings is 2. The number of halogens is 1. The van der Waals surface area contributed by atoms with Crippen molar-refractivity contribution in [1.29, 1.82) is 0 Å². The van der Waals surface area contributed by atoms with Gasteiger partial charge in [0.15, 0.2) is 0 Å². The SMILES string of the molecule is Cc1ccc([N+](=O)[O-])c(Oc2ccc(Cl)cc2)c1. The fourth-order valence-electron chi connectivity index (χ4n) is 1.48. The summed E-state index contributed by atoms with van der Waals surface area (Å²) in [6.07, 6.45) is 0. The van der Waals surface area contributed by atoms with Crippen LogP contribution in [0.4, 0.5) is 5.69 Å². The van der Waals surface area contributed by atoms with E-state index >= 15 is 0 Å². The second-order valence-electron chi connectivity index (χ2n) is 3.78. The van der Waals surface area contributed by atoms with Gasteiger partial charge in [0.2, 0.25) is 5.75 Å². The van der Waals surface area contributed by atoms with Crippen LogP contribution in [0.5, 0.6) is 11.5 Å². The first-order chi connectivity index (χ1) is 8.56. The third-order valence-corrected chi connectivity index (χ3v) is 2.61. The van der Waals surface area contributed by atoms with E-state index < -0.39 is 4.92 Å². The molecule has 0 aliphatic carbocycles. The van der Waals surface area contributed by atoms with Gasteiger partial charge < -0.3 is 4.74 Å². The molecule has 0 aromatic heterocycles. The van der Waals surface area contributed by atoms with E-state index in [1.807, 2.05) is 6.92 Å². The maximum atomic E-state index is 10.9. The summed E-state index contributed by atoms with van der Waals surface area (Å²) in [5.74, 6) is 0.732. The summed E-state index contributed by atoms with van der Waals surface area (Å²) < 4.78 is 5.51. The van der Waals surface area contributed by atoms with Crippen molar-refractivity contribution in [1.82, 2.24) is 0 Å². The van der Waals surface area contributed by atoms with Gasteiger partial charge in [-0.25, -0.2) is 0 Å². The quantitative estimate of drug-likeness (QED) is 0.611. The molecule has 0 aliphatic heterocycles. The van der Waals surface area contributed by atoms with Crippen LogP contribution in [-0.4, -0.2) is 4.92 Å². The highest BCUT2D eigenvalue weighted by atomic mass is 35.5. The first-order valence-corrected chi connectivity index (χ1v) is 5.62. The summed E-state index contributed by atoms with van der Waals surface area (Å²) in [6.45, 7) is 1.85. The molecule has 0 unspecified atom stereocenters. The van der Waals surface area contributed by atoms with Gasteiger partial charge in [0.1, 0.15) is 5.75 Å². The van der Waals surface area contributed by atoms with E-state index in [4.69, 9.17) is 16.3 Å². The molecule has 0 aliphatic rings. The number of hydrogen-bond acceptors (Lipinski definition) is 3. The lowest BCUT2D eigenvalue weighted by atomic mass is 10.2. The fourth-order valence-corrected chi connectivity index (χ4v) is 1.61. The minimum Gasteiger partial charge on any atom is -0.450 e. The standard InChI is InChI=1S/C13H10ClNO3/c1-9-2-7-12(15(16)17)13(8-9)18-11-5-3-10(14)4-6-11/h2-8H,1H3. The first kappa shape index (κ1) is 12.4. The molecule has 0 N–H and O–H groups in total. The minimum absolute atomic E-state index is 0.0597. The van der Waals surface area contributed by atoms with Gasteiger partial charge in [-0.2, -0.15) is 0 Å². The van der Waals surface area contributed by atoms with Crippen LogP contribution in [0.2, 0.25) is 5.02 Å². The topological polar surface area (TPSA) is 52.4 Å². The van der Waals surface area contributed by atoms with Crippen molar-refractivity contribution >= 4 is 17.3 Å². The zero-order chi connectivity index (χ0) is 13.1. The number of rotatable bonds is 3. The van der Waals surface area contributed by atoms with Crippen LogP contribution < -0.4 is 4.74 Å². The highest BCUT2D eigenvalue weighted by molar-refractivity contribution is 6.30. The molecule has 0 saturated carbocycles. The number of nitrogens with zero attached hydrogens (tertiary/aromatic N) is 1. The summed E-state index contributed by atoms with van der Waals surface area (Å²) in [7, 11) is 0. The van der Waals surface area contributed by atoms with E-state index in [1.54, 1.807) is 36.4 Å².